The summed E-state index contributed by atoms with van der Waals surface area (Å²) in [5.74, 6) is 0. The van der Waals surface area contributed by atoms with E-state index in [2.05, 4.69) is 343 Å². The molecule has 0 saturated carbocycles. The second kappa shape index (κ2) is 22.9. The molecule has 2 aliphatic heterocycles. The maximum atomic E-state index is 9.62. The summed E-state index contributed by atoms with van der Waals surface area (Å²) in [5, 5.41) is 2.12. The minimum Gasteiger partial charge on any atom is -0.311 e. The van der Waals surface area contributed by atoms with E-state index in [-0.39, 0.29) is 58.1 Å². The van der Waals surface area contributed by atoms with Gasteiger partial charge in [-0.05, 0) is 183 Å². The highest BCUT2D eigenvalue weighted by atomic mass is 15.2. The quantitative estimate of drug-likeness (QED) is 0.141. The van der Waals surface area contributed by atoms with Gasteiger partial charge in [0.2, 0.25) is 0 Å². The second-order valence-corrected chi connectivity index (χ2v) is 31.9. The Kier molecular flexibility index (Phi) is 13.5. The zero-order valence-corrected chi connectivity index (χ0v) is 58.4. The Bertz CT molecular complexity index is 5380. The molecule has 96 heavy (non-hydrogen) atoms. The maximum Gasteiger partial charge on any atom is 0.252 e. The number of benzene rings is 12. The van der Waals surface area contributed by atoms with E-state index in [4.69, 9.17) is 4.11 Å². The molecule has 3 nitrogen and oxygen atoms in total. The molecular weight excluding hydrogens is 1160 g/mol. The summed E-state index contributed by atoms with van der Waals surface area (Å²) in [6.45, 7) is 34.2. The van der Waals surface area contributed by atoms with Crippen LogP contribution in [-0.2, 0) is 27.1 Å². The van der Waals surface area contributed by atoms with Crippen LogP contribution in [-0.4, -0.2) is 11.3 Å². The van der Waals surface area contributed by atoms with Crippen LogP contribution in [0.5, 0.6) is 0 Å². The first-order chi connectivity index (χ1) is 47.8. The van der Waals surface area contributed by atoms with Gasteiger partial charge in [-0.25, -0.2) is 0 Å². The Labute approximate surface area is 577 Å². The number of rotatable bonds is 8. The highest BCUT2D eigenvalue weighted by Gasteiger charge is 2.46. The van der Waals surface area contributed by atoms with Crippen molar-refractivity contribution in [2.75, 3.05) is 9.80 Å². The molecule has 2 aliphatic rings. The molecule has 15 rings (SSSR count). The Morgan fingerprint density at radius 1 is 0.302 bits per heavy atom. The number of para-hydroxylation sites is 2. The lowest BCUT2D eigenvalue weighted by Gasteiger charge is -2.46. The van der Waals surface area contributed by atoms with E-state index in [1.807, 2.05) is 6.07 Å². The third-order valence-corrected chi connectivity index (χ3v) is 20.2. The summed E-state index contributed by atoms with van der Waals surface area (Å²) < 4.78 is 48.7. The van der Waals surface area contributed by atoms with Crippen LogP contribution in [0.1, 0.15) is 139 Å². The highest BCUT2D eigenvalue weighted by molar-refractivity contribution is 7.00. The summed E-state index contributed by atoms with van der Waals surface area (Å²) in [6, 6.07) is 84.2. The Hall–Kier alpha value is -9.90. The van der Waals surface area contributed by atoms with Crippen LogP contribution in [0, 0.1) is 0 Å². The normalized spacial score (nSPS) is 14.0. The van der Waals surface area contributed by atoms with Gasteiger partial charge in [0, 0.05) is 50.3 Å². The molecule has 0 spiro atoms. The van der Waals surface area contributed by atoms with E-state index in [0.717, 1.165) is 128 Å². The molecule has 474 valence electrons. The SMILES string of the molecule is [2H]c1c([2H])c([2H])c(-c2ccc3c(c2)N(c2cc(-c4cccc(C(C)(C)C)c4)cc4c2c2ccccc2n4-c2ccccc2)c2cc(C(C)(C)C)cc4c2B3c2ccc(-c3cc(C(C)(C)C)cc(C(C)(C)C)c3)cc2N4c2c(-c3ccccc3)cc(C(C)(C)C)cc2-c2ccccc2)c([2H])c1[2H]. The number of hydrogen-bond acceptors (Lipinski definition) is 2. The van der Waals surface area contributed by atoms with Gasteiger partial charge in [0.1, 0.15) is 0 Å². The van der Waals surface area contributed by atoms with Crippen LogP contribution in [0.25, 0.3) is 83.1 Å². The zero-order valence-electron chi connectivity index (χ0n) is 63.4. The van der Waals surface area contributed by atoms with Gasteiger partial charge in [0.05, 0.1) is 29.3 Å². The van der Waals surface area contributed by atoms with Crippen molar-refractivity contribution in [3.05, 3.63) is 289 Å². The van der Waals surface area contributed by atoms with Crippen molar-refractivity contribution in [1.82, 2.24) is 4.57 Å². The summed E-state index contributed by atoms with van der Waals surface area (Å²) in [7, 11) is 0. The van der Waals surface area contributed by atoms with E-state index in [9.17, 15) is 2.74 Å². The van der Waals surface area contributed by atoms with E-state index in [1.54, 1.807) is 0 Å². The van der Waals surface area contributed by atoms with Gasteiger partial charge in [-0.3, -0.25) is 0 Å². The lowest BCUT2D eigenvalue weighted by molar-refractivity contribution is 0.569. The van der Waals surface area contributed by atoms with Gasteiger partial charge in [0.25, 0.3) is 6.71 Å². The molecule has 0 amide bonds. The van der Waals surface area contributed by atoms with Crippen LogP contribution in [0.15, 0.2) is 261 Å². The van der Waals surface area contributed by atoms with Crippen LogP contribution in [0.2, 0.25) is 0 Å². The van der Waals surface area contributed by atoms with Crippen LogP contribution in [0.3, 0.4) is 0 Å². The molecule has 0 bridgehead atoms. The van der Waals surface area contributed by atoms with E-state index in [0.29, 0.717) is 5.56 Å². The smallest absolute Gasteiger partial charge is 0.252 e. The third-order valence-electron chi connectivity index (χ3n) is 20.2. The standard InChI is InChI=1S/C92H88BN3/c1-88(2,3)67-38-30-37-62(47-67)66-52-81-85(73-41-28-29-42-78(73)94(81)72-39-26-19-27-40-72)82(53-66)95-79-50-63(59-31-20-16-21-32-59)43-45-76(79)93-77-46-44-64(65-48-68(89(4,5)6)54-69(49-65)90(7,8)9)51-80(77)96(84-58-71(92(13,14)15)57-83(95)86(84)93)87-74(60-33-22-17-23-34-60)55-70(91(10,11)12)56-75(87)61-35-24-18-25-36-61/h16-58H,1-15H3/i16D,20D,21D,31D,32D. The summed E-state index contributed by atoms with van der Waals surface area (Å²) in [5.41, 5.74) is 26.9. The number of hydrogen-bond donors (Lipinski definition) is 0. The van der Waals surface area contributed by atoms with Crippen molar-refractivity contribution in [2.24, 2.45) is 0 Å². The van der Waals surface area contributed by atoms with Crippen molar-refractivity contribution < 1.29 is 6.85 Å². The van der Waals surface area contributed by atoms with Gasteiger partial charge < -0.3 is 14.4 Å². The van der Waals surface area contributed by atoms with Gasteiger partial charge in [-0.1, -0.05) is 298 Å². The van der Waals surface area contributed by atoms with E-state index in [1.165, 1.54) is 22.3 Å². The molecule has 1 aromatic heterocycles. The maximum absolute atomic E-state index is 9.62. The molecule has 0 unspecified atom stereocenters. The number of anilines is 6. The minimum absolute atomic E-state index is 0.136. The molecular formula is C92H88BN3. The predicted molar refractivity (Wildman–Crippen MR) is 415 cm³/mol. The molecule has 12 aromatic carbocycles. The molecule has 4 heteroatoms. The largest absolute Gasteiger partial charge is 0.311 e. The van der Waals surface area contributed by atoms with Crippen molar-refractivity contribution in [1.29, 1.82) is 0 Å². The molecule has 0 saturated heterocycles. The van der Waals surface area contributed by atoms with Crippen molar-refractivity contribution >= 4 is 79.0 Å². The Morgan fingerprint density at radius 3 is 1.30 bits per heavy atom. The molecule has 0 aliphatic carbocycles. The summed E-state index contributed by atoms with van der Waals surface area (Å²) >= 11 is 0. The highest BCUT2D eigenvalue weighted by Crippen LogP contribution is 2.55. The average molecular weight is 1250 g/mol. The second-order valence-electron chi connectivity index (χ2n) is 31.9. The van der Waals surface area contributed by atoms with Gasteiger partial charge in [-0.2, -0.15) is 0 Å². The first kappa shape index (κ1) is 56.5. The fourth-order valence-corrected chi connectivity index (χ4v) is 14.7. The van der Waals surface area contributed by atoms with Gasteiger partial charge in [-0.15, -0.1) is 0 Å². The van der Waals surface area contributed by atoms with Crippen molar-refractivity contribution in [3.63, 3.8) is 0 Å². The van der Waals surface area contributed by atoms with Crippen LogP contribution < -0.4 is 26.2 Å². The first-order valence-corrected chi connectivity index (χ1v) is 34.2. The number of nitrogens with zero attached hydrogens (tertiary/aromatic N) is 3. The van der Waals surface area contributed by atoms with E-state index >= 15 is 0 Å². The predicted octanol–water partition coefficient (Wildman–Crippen LogP) is 23.7. The monoisotopic (exact) mass is 1250 g/mol. The zero-order chi connectivity index (χ0) is 71.3. The lowest BCUT2D eigenvalue weighted by Crippen LogP contribution is -2.61. The minimum atomic E-state index is -0.426. The van der Waals surface area contributed by atoms with Crippen molar-refractivity contribution in [3.8, 4) is 61.3 Å². The lowest BCUT2D eigenvalue weighted by atomic mass is 9.33. The molecule has 0 fully saturated rings. The average Bonchev–Trinajstić information content (AvgIpc) is 1.35. The molecule has 0 radical (unpaired) electrons. The summed E-state index contributed by atoms with van der Waals surface area (Å²) in [4.78, 5) is 5.15. The fraction of sp³-hybridized carbons (Fsp3) is 0.217. The van der Waals surface area contributed by atoms with Crippen LogP contribution in [0.4, 0.5) is 34.1 Å². The van der Waals surface area contributed by atoms with Gasteiger partial charge in [0.15, 0.2) is 0 Å². The van der Waals surface area contributed by atoms with Crippen molar-refractivity contribution in [2.45, 2.75) is 131 Å². The molecule has 0 N–H and O–H groups in total. The number of aromatic nitrogens is 1. The molecule has 3 heterocycles. The topological polar surface area (TPSA) is 11.4 Å². The Balaban J connectivity index is 1.16. The fourth-order valence-electron chi connectivity index (χ4n) is 14.7. The Morgan fingerprint density at radius 2 is 0.740 bits per heavy atom. The molecule has 13 aromatic rings. The summed E-state index contributed by atoms with van der Waals surface area (Å²) in [6.07, 6.45) is 0. The van der Waals surface area contributed by atoms with Gasteiger partial charge >= 0.3 is 0 Å². The molecule has 0 atom stereocenters. The third kappa shape index (κ3) is 10.9. The first-order valence-electron chi connectivity index (χ1n) is 36.7. The van der Waals surface area contributed by atoms with Crippen LogP contribution >= 0.6 is 0 Å². The van der Waals surface area contributed by atoms with E-state index < -0.39 is 11.5 Å². The number of fused-ring (bicyclic) bond motifs is 7.